The molecule has 6 atom stereocenters. The van der Waals surface area contributed by atoms with Crippen LogP contribution in [0.15, 0.2) is 110 Å². The van der Waals surface area contributed by atoms with Gasteiger partial charge in [-0.3, -0.25) is 14.4 Å². The summed E-state index contributed by atoms with van der Waals surface area (Å²) < 4.78 is 8.60. The molecule has 11 nitrogen and oxygen atoms in total. The molecule has 2 bridgehead atoms. The molecule has 4 heterocycles. The number of para-hydroxylation sites is 2. The number of carbonyl (C=O) groups excluding carboxylic acids is 3. The minimum Gasteiger partial charge on any atom is -0.394 e. The Balaban J connectivity index is 1.32. The molecule has 50 heavy (non-hydrogen) atoms. The van der Waals surface area contributed by atoms with E-state index in [0.717, 1.165) is 11.1 Å². The van der Waals surface area contributed by atoms with Crippen molar-refractivity contribution in [1.82, 2.24) is 24.8 Å². The maximum absolute atomic E-state index is 15.1. The number of fused-ring (bicyclic) bond motifs is 2. The van der Waals surface area contributed by atoms with Crippen molar-refractivity contribution in [3.05, 3.63) is 116 Å². The van der Waals surface area contributed by atoms with Gasteiger partial charge in [-0.05, 0) is 56.0 Å². The van der Waals surface area contributed by atoms with Gasteiger partial charge < -0.3 is 24.5 Å². The van der Waals surface area contributed by atoms with Crippen molar-refractivity contribution in [1.29, 1.82) is 0 Å². The third kappa shape index (κ3) is 5.41. The summed E-state index contributed by atoms with van der Waals surface area (Å²) in [6, 6.07) is 24.5. The van der Waals surface area contributed by atoms with Gasteiger partial charge in [-0.25, -0.2) is 4.68 Å². The molecule has 3 saturated heterocycles. The predicted octanol–water partition coefficient (Wildman–Crippen LogP) is 3.99. The molecule has 2 unspecified atom stereocenters. The molecule has 7 rings (SSSR count). The van der Waals surface area contributed by atoms with Crippen LogP contribution in [0.4, 0.5) is 5.69 Å². The van der Waals surface area contributed by atoms with Crippen molar-refractivity contribution in [3.63, 3.8) is 0 Å². The number of nitrogens with zero attached hydrogens (tertiary/aromatic N) is 6. The molecule has 3 amide bonds. The second-order valence-corrected chi connectivity index (χ2v) is 13.6. The highest BCUT2D eigenvalue weighted by Gasteiger charge is 2.79. The van der Waals surface area contributed by atoms with Crippen LogP contribution in [0.3, 0.4) is 0 Å². The first kappa shape index (κ1) is 33.4. The van der Waals surface area contributed by atoms with Crippen molar-refractivity contribution in [2.45, 2.75) is 56.1 Å². The summed E-state index contributed by atoms with van der Waals surface area (Å²) >= 11 is 0. The second-order valence-electron chi connectivity index (χ2n) is 13.6. The van der Waals surface area contributed by atoms with Gasteiger partial charge in [-0.15, -0.1) is 18.3 Å². The van der Waals surface area contributed by atoms with Gasteiger partial charge in [-0.2, -0.15) is 0 Å². The molecule has 3 aliphatic rings. The van der Waals surface area contributed by atoms with E-state index in [-0.39, 0.29) is 44.1 Å². The number of aliphatic hydroxyl groups excluding tert-OH is 1. The van der Waals surface area contributed by atoms with Gasteiger partial charge in [0.2, 0.25) is 17.7 Å². The highest BCUT2D eigenvalue weighted by atomic mass is 16.5. The maximum Gasteiger partial charge on any atom is 0.250 e. The Hall–Kier alpha value is -5.13. The van der Waals surface area contributed by atoms with Crippen LogP contribution >= 0.6 is 0 Å². The average Bonchev–Trinajstić information content (AvgIpc) is 3.85. The summed E-state index contributed by atoms with van der Waals surface area (Å²) in [4.78, 5) is 49.7. The van der Waals surface area contributed by atoms with E-state index < -0.39 is 35.1 Å². The normalized spacial score (nSPS) is 25.8. The van der Waals surface area contributed by atoms with Crippen molar-refractivity contribution < 1.29 is 24.2 Å². The third-order valence-electron chi connectivity index (χ3n) is 10.7. The SMILES string of the molecule is C=CCN(Cn1nnc2ccccc21)C(=O)C1N([C@@H](CO)Cc2ccccc2)C(=O)[C@@H]2[C@H](C(=O)N(CC=C)c3ccccc3)[C@]3(C)CCC12O3. The van der Waals surface area contributed by atoms with Gasteiger partial charge in [0, 0.05) is 18.8 Å². The molecule has 0 saturated carbocycles. The number of likely N-dealkylation sites (tertiary alicyclic amines) is 1. The minimum atomic E-state index is -1.30. The van der Waals surface area contributed by atoms with Crippen molar-refractivity contribution in [3.8, 4) is 0 Å². The second kappa shape index (κ2) is 13.3. The Kier molecular flexibility index (Phi) is 8.87. The Labute approximate surface area is 291 Å². The van der Waals surface area contributed by atoms with E-state index in [1.165, 1.54) is 4.90 Å². The average molecular weight is 675 g/mol. The summed E-state index contributed by atoms with van der Waals surface area (Å²) in [6.45, 7) is 9.76. The molecule has 11 heteroatoms. The lowest BCUT2D eigenvalue weighted by molar-refractivity contribution is -0.155. The fourth-order valence-corrected chi connectivity index (χ4v) is 8.51. The Bertz CT molecular complexity index is 1920. The highest BCUT2D eigenvalue weighted by molar-refractivity contribution is 6.03. The Morgan fingerprint density at radius 2 is 1.66 bits per heavy atom. The molecule has 258 valence electrons. The number of hydrogen-bond acceptors (Lipinski definition) is 7. The molecular formula is C39H42N6O5. The summed E-state index contributed by atoms with van der Waals surface area (Å²) in [7, 11) is 0. The summed E-state index contributed by atoms with van der Waals surface area (Å²) in [5, 5.41) is 19.5. The Morgan fingerprint density at radius 3 is 2.36 bits per heavy atom. The number of hydrogen-bond donors (Lipinski definition) is 1. The van der Waals surface area contributed by atoms with Gasteiger partial charge >= 0.3 is 0 Å². The van der Waals surface area contributed by atoms with Crippen LogP contribution in [-0.4, -0.2) is 90.6 Å². The molecule has 0 aliphatic carbocycles. The zero-order valence-corrected chi connectivity index (χ0v) is 28.2. The lowest BCUT2D eigenvalue weighted by atomic mass is 9.66. The molecule has 1 N–H and O–H groups in total. The first-order valence-corrected chi connectivity index (χ1v) is 17.1. The van der Waals surface area contributed by atoms with Crippen LogP contribution in [-0.2, 0) is 32.2 Å². The number of benzene rings is 3. The number of aliphatic hydroxyl groups is 1. The van der Waals surface area contributed by atoms with Crippen LogP contribution < -0.4 is 4.90 Å². The number of rotatable bonds is 13. The molecule has 0 radical (unpaired) electrons. The zero-order valence-electron chi connectivity index (χ0n) is 28.2. The van der Waals surface area contributed by atoms with Gasteiger partial charge in [0.05, 0.1) is 35.6 Å². The van der Waals surface area contributed by atoms with E-state index in [1.807, 2.05) is 91.9 Å². The Morgan fingerprint density at radius 1 is 0.980 bits per heavy atom. The summed E-state index contributed by atoms with van der Waals surface area (Å²) in [5.41, 5.74) is 0.739. The van der Waals surface area contributed by atoms with Crippen LogP contribution in [0.2, 0.25) is 0 Å². The maximum atomic E-state index is 15.1. The van der Waals surface area contributed by atoms with E-state index >= 15 is 9.59 Å². The van der Waals surface area contributed by atoms with Crippen molar-refractivity contribution >= 4 is 34.4 Å². The number of carbonyl (C=O) groups is 3. The van der Waals surface area contributed by atoms with Gasteiger partial charge in [0.25, 0.3) is 0 Å². The fraction of sp³-hybridized carbons (Fsp3) is 0.359. The molecule has 3 fully saturated rings. The topological polar surface area (TPSA) is 121 Å². The molecule has 1 spiro atoms. The van der Waals surface area contributed by atoms with Gasteiger partial charge in [-0.1, -0.05) is 78.0 Å². The van der Waals surface area contributed by atoms with Crippen LogP contribution in [0.25, 0.3) is 11.0 Å². The van der Waals surface area contributed by atoms with E-state index in [1.54, 1.807) is 26.6 Å². The monoisotopic (exact) mass is 674 g/mol. The van der Waals surface area contributed by atoms with Gasteiger partial charge in [0.1, 0.15) is 23.8 Å². The smallest absolute Gasteiger partial charge is 0.250 e. The van der Waals surface area contributed by atoms with E-state index in [9.17, 15) is 9.90 Å². The third-order valence-corrected chi connectivity index (χ3v) is 10.7. The van der Waals surface area contributed by atoms with Crippen molar-refractivity contribution in [2.24, 2.45) is 11.8 Å². The van der Waals surface area contributed by atoms with Crippen LogP contribution in [0, 0.1) is 11.8 Å². The molecule has 3 aromatic carbocycles. The van der Waals surface area contributed by atoms with Crippen LogP contribution in [0.5, 0.6) is 0 Å². The largest absolute Gasteiger partial charge is 0.394 e. The summed E-state index contributed by atoms with van der Waals surface area (Å²) in [5.74, 6) is -2.80. The number of anilines is 1. The molecule has 4 aromatic rings. The first-order valence-electron chi connectivity index (χ1n) is 17.1. The quantitative estimate of drug-likeness (QED) is 0.213. The molecular weight excluding hydrogens is 632 g/mol. The lowest BCUT2D eigenvalue weighted by Crippen LogP contribution is -2.59. The van der Waals surface area contributed by atoms with E-state index in [2.05, 4.69) is 23.5 Å². The number of amides is 3. The van der Waals surface area contributed by atoms with Gasteiger partial charge in [0.15, 0.2) is 0 Å². The molecule has 1 aromatic heterocycles. The standard InChI is InChI=1S/C39H42N6O5/c1-4-22-42(26-44-31-19-13-12-18-30(31)40-41-44)37(49)34-39-21-20-38(3,50-39)32(35(47)43(23-5-2)28-16-10-7-11-17-28)33(39)36(48)45(34)29(25-46)24-27-14-8-6-9-15-27/h4-19,29,32-34,46H,1-2,20-26H2,3H3/t29-,32-,33+,34?,38+,39?/m1/s1. The lowest BCUT2D eigenvalue weighted by Gasteiger charge is -2.39. The number of ether oxygens (including phenoxy) is 1. The predicted molar refractivity (Wildman–Crippen MR) is 189 cm³/mol. The van der Waals surface area contributed by atoms with Crippen LogP contribution in [0.1, 0.15) is 25.3 Å². The zero-order chi connectivity index (χ0) is 35.0. The van der Waals surface area contributed by atoms with E-state index in [4.69, 9.17) is 4.74 Å². The first-order chi connectivity index (χ1) is 24.3. The fourth-order valence-electron chi connectivity index (χ4n) is 8.51. The van der Waals surface area contributed by atoms with Crippen molar-refractivity contribution in [2.75, 3.05) is 24.6 Å². The molecule has 3 aliphatic heterocycles. The minimum absolute atomic E-state index is 0.0495. The number of aromatic nitrogens is 3. The van der Waals surface area contributed by atoms with E-state index in [0.29, 0.717) is 30.5 Å². The summed E-state index contributed by atoms with van der Waals surface area (Å²) in [6.07, 6.45) is 4.50. The highest BCUT2D eigenvalue weighted by Crippen LogP contribution is 2.64.